The number of fused-ring (bicyclic) bond motifs is 1. The Balaban J connectivity index is 1.57. The van der Waals surface area contributed by atoms with Crippen LogP contribution in [0.3, 0.4) is 0 Å². The van der Waals surface area contributed by atoms with E-state index in [4.69, 9.17) is 33.3 Å². The molecule has 39 heavy (non-hydrogen) atoms. The molecule has 1 aliphatic heterocycles. The quantitative estimate of drug-likeness (QED) is 0.202. The molecule has 0 bridgehead atoms. The summed E-state index contributed by atoms with van der Waals surface area (Å²) in [5.74, 6) is -0.251. The minimum absolute atomic E-state index is 0.251. The monoisotopic (exact) mass is 613 g/mol. The standard InChI is InChI=1S/C32H22BrCl2N3O/c1-19-30(31(21-7-3-2-4-8-21)25-17-23(34)15-16-27(25)36-19)28-18-29(20-11-13-22(33)14-12-20)38(37-28)32(39)24-9-5-6-10-26(24)35/h2-17,29H,18H2,1H3. The third kappa shape index (κ3) is 4.87. The van der Waals surface area contributed by atoms with Crippen molar-refractivity contribution >= 4 is 61.7 Å². The summed E-state index contributed by atoms with van der Waals surface area (Å²) >= 11 is 16.4. The van der Waals surface area contributed by atoms with Crippen molar-refractivity contribution in [1.82, 2.24) is 9.99 Å². The summed E-state index contributed by atoms with van der Waals surface area (Å²) in [6, 6.07) is 30.7. The Morgan fingerprint density at radius 3 is 2.36 bits per heavy atom. The van der Waals surface area contributed by atoms with Gasteiger partial charge < -0.3 is 0 Å². The predicted octanol–water partition coefficient (Wildman–Crippen LogP) is 9.27. The minimum atomic E-state index is -0.310. The number of halogens is 3. The molecule has 1 unspecified atom stereocenters. The molecule has 0 fully saturated rings. The number of hydrazone groups is 1. The molecule has 2 heterocycles. The number of pyridine rings is 1. The number of benzene rings is 4. The summed E-state index contributed by atoms with van der Waals surface area (Å²) in [6.45, 7) is 1.99. The SMILES string of the molecule is Cc1nc2ccc(Cl)cc2c(-c2ccccc2)c1C1=NN(C(=O)c2ccccc2Cl)C(c2ccc(Br)cc2)C1. The normalized spacial score (nSPS) is 15.0. The molecular weight excluding hydrogens is 593 g/mol. The van der Waals surface area contributed by atoms with Crippen LogP contribution in [0.25, 0.3) is 22.0 Å². The third-order valence-corrected chi connectivity index (χ3v) is 8.05. The van der Waals surface area contributed by atoms with Crippen LogP contribution in [0.1, 0.15) is 39.6 Å². The lowest BCUT2D eigenvalue weighted by Crippen LogP contribution is -2.27. The van der Waals surface area contributed by atoms with Gasteiger partial charge in [-0.15, -0.1) is 0 Å². The van der Waals surface area contributed by atoms with Gasteiger partial charge in [0.2, 0.25) is 0 Å². The molecule has 192 valence electrons. The van der Waals surface area contributed by atoms with Gasteiger partial charge in [0.15, 0.2) is 0 Å². The van der Waals surface area contributed by atoms with Crippen LogP contribution in [-0.4, -0.2) is 21.6 Å². The first-order valence-corrected chi connectivity index (χ1v) is 14.0. The molecule has 1 aliphatic rings. The third-order valence-electron chi connectivity index (χ3n) is 6.96. The smallest absolute Gasteiger partial charge is 0.267 e. The van der Waals surface area contributed by atoms with E-state index in [0.29, 0.717) is 22.0 Å². The van der Waals surface area contributed by atoms with E-state index in [1.54, 1.807) is 17.1 Å². The summed E-state index contributed by atoms with van der Waals surface area (Å²) in [5.41, 5.74) is 6.81. The fraction of sp³-hybridized carbons (Fsp3) is 0.0938. The number of aryl methyl sites for hydroxylation is 1. The topological polar surface area (TPSA) is 45.6 Å². The van der Waals surface area contributed by atoms with Gasteiger partial charge in [0, 0.05) is 38.1 Å². The van der Waals surface area contributed by atoms with Crippen LogP contribution < -0.4 is 0 Å². The molecule has 1 amide bonds. The number of aromatic nitrogens is 1. The number of carbonyl (C=O) groups excluding carboxylic acids is 1. The lowest BCUT2D eigenvalue weighted by Gasteiger charge is -2.22. The van der Waals surface area contributed by atoms with Crippen LogP contribution in [0.15, 0.2) is 107 Å². The minimum Gasteiger partial charge on any atom is -0.267 e. The van der Waals surface area contributed by atoms with Gasteiger partial charge in [0.25, 0.3) is 5.91 Å². The van der Waals surface area contributed by atoms with Crippen molar-refractivity contribution in [3.05, 3.63) is 134 Å². The highest BCUT2D eigenvalue weighted by atomic mass is 79.9. The van der Waals surface area contributed by atoms with Gasteiger partial charge in [0.05, 0.1) is 27.9 Å². The molecule has 0 spiro atoms. The summed E-state index contributed by atoms with van der Waals surface area (Å²) in [6.07, 6.45) is 0.520. The van der Waals surface area contributed by atoms with Gasteiger partial charge in [-0.3, -0.25) is 9.78 Å². The molecule has 7 heteroatoms. The van der Waals surface area contributed by atoms with E-state index in [0.717, 1.165) is 49.0 Å². The zero-order valence-corrected chi connectivity index (χ0v) is 24.0. The zero-order chi connectivity index (χ0) is 27.1. The van der Waals surface area contributed by atoms with Gasteiger partial charge in [-0.2, -0.15) is 5.10 Å². The van der Waals surface area contributed by atoms with Crippen LogP contribution in [0.2, 0.25) is 10.0 Å². The van der Waals surface area contributed by atoms with E-state index < -0.39 is 0 Å². The first-order chi connectivity index (χ1) is 18.9. The van der Waals surface area contributed by atoms with E-state index in [9.17, 15) is 4.79 Å². The van der Waals surface area contributed by atoms with Gasteiger partial charge in [-0.1, -0.05) is 93.7 Å². The molecule has 0 aliphatic carbocycles. The molecule has 0 saturated carbocycles. The fourth-order valence-electron chi connectivity index (χ4n) is 5.17. The molecule has 1 aromatic heterocycles. The van der Waals surface area contributed by atoms with E-state index >= 15 is 0 Å². The van der Waals surface area contributed by atoms with Crippen LogP contribution in [0, 0.1) is 6.92 Å². The zero-order valence-electron chi connectivity index (χ0n) is 20.9. The highest BCUT2D eigenvalue weighted by Crippen LogP contribution is 2.41. The molecule has 0 saturated heterocycles. The average Bonchev–Trinajstić information content (AvgIpc) is 3.38. The molecule has 4 aromatic carbocycles. The van der Waals surface area contributed by atoms with Crippen LogP contribution in [0.4, 0.5) is 0 Å². The number of hydrogen-bond donors (Lipinski definition) is 0. The number of rotatable bonds is 4. The maximum absolute atomic E-state index is 13.9. The Kier molecular flexibility index (Phi) is 6.98. The highest BCUT2D eigenvalue weighted by molar-refractivity contribution is 9.10. The fourth-order valence-corrected chi connectivity index (χ4v) is 5.82. The van der Waals surface area contributed by atoms with Crippen molar-refractivity contribution in [2.45, 2.75) is 19.4 Å². The second-order valence-electron chi connectivity index (χ2n) is 9.42. The number of hydrogen-bond acceptors (Lipinski definition) is 3. The van der Waals surface area contributed by atoms with E-state index in [1.807, 2.05) is 79.7 Å². The number of amides is 1. The largest absolute Gasteiger partial charge is 0.276 e. The maximum Gasteiger partial charge on any atom is 0.276 e. The predicted molar refractivity (Wildman–Crippen MR) is 163 cm³/mol. The molecular formula is C32H22BrCl2N3O. The highest BCUT2D eigenvalue weighted by Gasteiger charge is 2.36. The average molecular weight is 615 g/mol. The van der Waals surface area contributed by atoms with Gasteiger partial charge in [-0.05, 0) is 60.5 Å². The molecule has 1 atom stereocenters. The van der Waals surface area contributed by atoms with Gasteiger partial charge >= 0.3 is 0 Å². The second-order valence-corrected chi connectivity index (χ2v) is 11.2. The summed E-state index contributed by atoms with van der Waals surface area (Å²) < 4.78 is 0.965. The number of carbonyl (C=O) groups is 1. The van der Waals surface area contributed by atoms with Crippen molar-refractivity contribution in [2.75, 3.05) is 0 Å². The van der Waals surface area contributed by atoms with Crippen molar-refractivity contribution < 1.29 is 4.79 Å². The number of nitrogens with zero attached hydrogens (tertiary/aromatic N) is 3. The van der Waals surface area contributed by atoms with Crippen LogP contribution in [0.5, 0.6) is 0 Å². The summed E-state index contributed by atoms with van der Waals surface area (Å²) in [7, 11) is 0. The van der Waals surface area contributed by atoms with Crippen LogP contribution >= 0.6 is 39.1 Å². The lowest BCUT2D eigenvalue weighted by molar-refractivity contribution is 0.0711. The Bertz CT molecular complexity index is 1750. The van der Waals surface area contributed by atoms with E-state index in [-0.39, 0.29) is 11.9 Å². The van der Waals surface area contributed by atoms with E-state index in [2.05, 4.69) is 28.1 Å². The molecule has 4 nitrogen and oxygen atoms in total. The Labute approximate surface area is 245 Å². The summed E-state index contributed by atoms with van der Waals surface area (Å²) in [4.78, 5) is 18.8. The van der Waals surface area contributed by atoms with Crippen molar-refractivity contribution in [2.24, 2.45) is 5.10 Å². The van der Waals surface area contributed by atoms with Crippen molar-refractivity contribution in [1.29, 1.82) is 0 Å². The molecule has 0 N–H and O–H groups in total. The van der Waals surface area contributed by atoms with E-state index in [1.165, 1.54) is 0 Å². The molecule has 6 rings (SSSR count). The second kappa shape index (κ2) is 10.6. The Morgan fingerprint density at radius 1 is 0.897 bits per heavy atom. The Hall–Kier alpha value is -3.51. The maximum atomic E-state index is 13.9. The molecule has 0 radical (unpaired) electrons. The van der Waals surface area contributed by atoms with Crippen LogP contribution in [-0.2, 0) is 0 Å². The van der Waals surface area contributed by atoms with Gasteiger partial charge in [-0.25, -0.2) is 5.01 Å². The first-order valence-electron chi connectivity index (χ1n) is 12.5. The Morgan fingerprint density at radius 2 is 1.62 bits per heavy atom. The molecule has 5 aromatic rings. The lowest BCUT2D eigenvalue weighted by atomic mass is 9.89. The van der Waals surface area contributed by atoms with Crippen molar-refractivity contribution in [3.8, 4) is 11.1 Å². The summed E-state index contributed by atoms with van der Waals surface area (Å²) in [5, 5.41) is 8.52. The first kappa shape index (κ1) is 25.8. The van der Waals surface area contributed by atoms with Crippen molar-refractivity contribution in [3.63, 3.8) is 0 Å². The van der Waals surface area contributed by atoms with Gasteiger partial charge in [0.1, 0.15) is 0 Å².